The molecule has 0 aliphatic heterocycles. The molecule has 0 spiro atoms. The molecule has 0 bridgehead atoms. The number of nitrogens with zero attached hydrogens (tertiary/aromatic N) is 1. The third-order valence-electron chi connectivity index (χ3n) is 3.28. The Morgan fingerprint density at radius 3 is 2.17 bits per heavy atom. The van der Waals surface area contributed by atoms with Crippen LogP contribution in [0.3, 0.4) is 0 Å². The second-order valence-electron chi connectivity index (χ2n) is 4.95. The molecule has 1 unspecified atom stereocenters. The first-order chi connectivity index (χ1) is 8.34. The van der Waals surface area contributed by atoms with Crippen LogP contribution < -0.4 is 5.73 Å². The minimum atomic E-state index is -0.454. The van der Waals surface area contributed by atoms with Crippen molar-refractivity contribution in [3.8, 4) is 0 Å². The van der Waals surface area contributed by atoms with Gasteiger partial charge >= 0.3 is 0 Å². The van der Waals surface area contributed by atoms with Gasteiger partial charge in [-0.15, -0.1) is 0 Å². The Bertz CT molecular complexity index is 403. The second-order valence-corrected chi connectivity index (χ2v) is 5.38. The van der Waals surface area contributed by atoms with Crippen molar-refractivity contribution in [3.63, 3.8) is 0 Å². The fraction of sp³-hybridized carbons (Fsp3) is 0.500. The number of hydrogen-bond acceptors (Lipinski definition) is 2. The summed E-state index contributed by atoms with van der Waals surface area (Å²) in [6.45, 7) is 5.88. The third kappa shape index (κ3) is 3.47. The van der Waals surface area contributed by atoms with E-state index in [-0.39, 0.29) is 17.9 Å². The van der Waals surface area contributed by atoms with Gasteiger partial charge in [-0.1, -0.05) is 37.6 Å². The van der Waals surface area contributed by atoms with E-state index in [2.05, 4.69) is 0 Å². The lowest BCUT2D eigenvalue weighted by molar-refractivity contribution is -0.134. The number of rotatable bonds is 4. The van der Waals surface area contributed by atoms with Crippen LogP contribution in [-0.2, 0) is 4.79 Å². The van der Waals surface area contributed by atoms with Gasteiger partial charge in [-0.3, -0.25) is 4.79 Å². The molecule has 1 aromatic carbocycles. The van der Waals surface area contributed by atoms with E-state index in [1.165, 1.54) is 0 Å². The first kappa shape index (κ1) is 15.0. The van der Waals surface area contributed by atoms with Gasteiger partial charge in [-0.2, -0.15) is 0 Å². The molecule has 18 heavy (non-hydrogen) atoms. The summed E-state index contributed by atoms with van der Waals surface area (Å²) in [7, 11) is 1.78. The number of benzene rings is 1. The van der Waals surface area contributed by atoms with Gasteiger partial charge < -0.3 is 10.6 Å². The van der Waals surface area contributed by atoms with E-state index in [0.717, 1.165) is 5.56 Å². The number of amides is 1. The van der Waals surface area contributed by atoms with Crippen molar-refractivity contribution in [3.05, 3.63) is 34.9 Å². The van der Waals surface area contributed by atoms with Crippen molar-refractivity contribution in [1.29, 1.82) is 0 Å². The number of carbonyl (C=O) groups excluding carboxylic acids is 1. The molecule has 0 saturated heterocycles. The zero-order valence-corrected chi connectivity index (χ0v) is 12.1. The quantitative estimate of drug-likeness (QED) is 0.913. The van der Waals surface area contributed by atoms with Crippen LogP contribution in [-0.4, -0.2) is 23.9 Å². The summed E-state index contributed by atoms with van der Waals surface area (Å²) in [6, 6.07) is 7.04. The summed E-state index contributed by atoms with van der Waals surface area (Å²) in [5, 5.41) is 0.693. The number of likely N-dealkylation sites (N-methyl/N-ethyl adjacent to an activating group) is 1. The minimum Gasteiger partial charge on any atom is -0.338 e. The molecule has 1 aromatic rings. The monoisotopic (exact) mass is 268 g/mol. The molecule has 4 heteroatoms. The summed E-state index contributed by atoms with van der Waals surface area (Å²) in [6.07, 6.45) is 0. The highest BCUT2D eigenvalue weighted by Crippen LogP contribution is 2.21. The Morgan fingerprint density at radius 1 is 1.22 bits per heavy atom. The predicted molar refractivity (Wildman–Crippen MR) is 75.5 cm³/mol. The second kappa shape index (κ2) is 6.21. The average molecular weight is 269 g/mol. The van der Waals surface area contributed by atoms with Crippen LogP contribution in [0.1, 0.15) is 32.4 Å². The fourth-order valence-electron chi connectivity index (χ4n) is 1.68. The van der Waals surface area contributed by atoms with Crippen LogP contribution >= 0.6 is 11.6 Å². The van der Waals surface area contributed by atoms with E-state index in [4.69, 9.17) is 17.3 Å². The Kier molecular flexibility index (Phi) is 5.17. The molecule has 1 rings (SSSR count). The molecule has 0 fully saturated rings. The fourth-order valence-corrected chi connectivity index (χ4v) is 1.80. The molecule has 1 amide bonds. The average Bonchev–Trinajstić information content (AvgIpc) is 2.36. The van der Waals surface area contributed by atoms with E-state index >= 15 is 0 Å². The summed E-state index contributed by atoms with van der Waals surface area (Å²) < 4.78 is 0. The summed E-state index contributed by atoms with van der Waals surface area (Å²) >= 11 is 5.85. The molecule has 0 saturated carbocycles. The van der Waals surface area contributed by atoms with Gasteiger partial charge in [0.2, 0.25) is 5.91 Å². The molecular formula is C14H21ClN2O. The van der Waals surface area contributed by atoms with Gasteiger partial charge in [0.15, 0.2) is 0 Å². The van der Waals surface area contributed by atoms with Crippen LogP contribution in [0.2, 0.25) is 5.02 Å². The van der Waals surface area contributed by atoms with E-state index in [0.29, 0.717) is 5.02 Å². The largest absolute Gasteiger partial charge is 0.338 e. The molecule has 0 aromatic heterocycles. The summed E-state index contributed by atoms with van der Waals surface area (Å²) in [5.41, 5.74) is 6.94. The maximum atomic E-state index is 12.1. The molecule has 0 aliphatic carbocycles. The molecule has 0 aliphatic rings. The van der Waals surface area contributed by atoms with Gasteiger partial charge in [0.1, 0.15) is 0 Å². The van der Waals surface area contributed by atoms with E-state index in [1.807, 2.05) is 45.0 Å². The lowest BCUT2D eigenvalue weighted by atomic mass is 10.0. The van der Waals surface area contributed by atoms with Crippen molar-refractivity contribution in [2.24, 2.45) is 11.7 Å². The molecule has 2 atom stereocenters. The smallest absolute Gasteiger partial charge is 0.239 e. The van der Waals surface area contributed by atoms with Crippen molar-refractivity contribution in [2.75, 3.05) is 7.05 Å². The van der Waals surface area contributed by atoms with Gasteiger partial charge in [0.05, 0.1) is 12.1 Å². The number of halogens is 1. The molecule has 0 radical (unpaired) electrons. The van der Waals surface area contributed by atoms with Crippen LogP contribution in [0.5, 0.6) is 0 Å². The molecule has 100 valence electrons. The highest BCUT2D eigenvalue weighted by atomic mass is 35.5. The minimum absolute atomic E-state index is 0.0143. The SMILES string of the molecule is CC(C)[C@H](N)C(=O)N(C)C(C)c1ccc(Cl)cc1. The first-order valence-electron chi connectivity index (χ1n) is 6.12. The van der Waals surface area contributed by atoms with Gasteiger partial charge in [0.25, 0.3) is 0 Å². The molecule has 2 N–H and O–H groups in total. The van der Waals surface area contributed by atoms with Crippen molar-refractivity contribution >= 4 is 17.5 Å². The van der Waals surface area contributed by atoms with Gasteiger partial charge in [-0.25, -0.2) is 0 Å². The van der Waals surface area contributed by atoms with Crippen molar-refractivity contribution < 1.29 is 4.79 Å². The Balaban J connectivity index is 2.80. The van der Waals surface area contributed by atoms with Gasteiger partial charge in [0, 0.05) is 12.1 Å². The topological polar surface area (TPSA) is 46.3 Å². The van der Waals surface area contributed by atoms with Crippen LogP contribution in [0.15, 0.2) is 24.3 Å². The summed E-state index contributed by atoms with van der Waals surface area (Å²) in [4.78, 5) is 13.8. The highest BCUT2D eigenvalue weighted by Gasteiger charge is 2.24. The van der Waals surface area contributed by atoms with Gasteiger partial charge in [-0.05, 0) is 30.5 Å². The van der Waals surface area contributed by atoms with Crippen molar-refractivity contribution in [1.82, 2.24) is 4.90 Å². The van der Waals surface area contributed by atoms with E-state index < -0.39 is 6.04 Å². The molecular weight excluding hydrogens is 248 g/mol. The van der Waals surface area contributed by atoms with E-state index in [1.54, 1.807) is 11.9 Å². The normalized spacial score (nSPS) is 14.4. The zero-order valence-electron chi connectivity index (χ0n) is 11.4. The Labute approximate surface area is 114 Å². The molecule has 3 nitrogen and oxygen atoms in total. The standard InChI is InChI=1S/C14H21ClN2O/c1-9(2)13(16)14(18)17(4)10(3)11-5-7-12(15)8-6-11/h5-10,13H,16H2,1-4H3/t10?,13-/m0/s1. The first-order valence-corrected chi connectivity index (χ1v) is 6.50. The number of hydrogen-bond donors (Lipinski definition) is 1. The lowest BCUT2D eigenvalue weighted by Gasteiger charge is -2.29. The van der Waals surface area contributed by atoms with E-state index in [9.17, 15) is 4.79 Å². The lowest BCUT2D eigenvalue weighted by Crippen LogP contribution is -2.45. The zero-order chi connectivity index (χ0) is 13.9. The molecule has 0 heterocycles. The maximum Gasteiger partial charge on any atom is 0.239 e. The Hall–Kier alpha value is -1.06. The van der Waals surface area contributed by atoms with Crippen LogP contribution in [0.4, 0.5) is 0 Å². The highest BCUT2D eigenvalue weighted by molar-refractivity contribution is 6.30. The summed E-state index contributed by atoms with van der Waals surface area (Å²) in [5.74, 6) is 0.102. The Morgan fingerprint density at radius 2 is 1.72 bits per heavy atom. The van der Waals surface area contributed by atoms with Crippen LogP contribution in [0, 0.1) is 5.92 Å². The van der Waals surface area contributed by atoms with Crippen molar-refractivity contribution in [2.45, 2.75) is 32.9 Å². The number of carbonyl (C=O) groups is 1. The number of nitrogens with two attached hydrogens (primary N) is 1. The third-order valence-corrected chi connectivity index (χ3v) is 3.54. The van der Waals surface area contributed by atoms with Crippen LogP contribution in [0.25, 0.3) is 0 Å². The predicted octanol–water partition coefficient (Wildman–Crippen LogP) is 2.84. The maximum absolute atomic E-state index is 12.1.